The zero-order valence-electron chi connectivity index (χ0n) is 5.47. The molecule has 0 amide bonds. The minimum absolute atomic E-state index is 0.888. The van der Waals surface area contributed by atoms with Gasteiger partial charge in [0.2, 0.25) is 0 Å². The van der Waals surface area contributed by atoms with Crippen LogP contribution in [-0.2, 0) is 0 Å². The maximum absolute atomic E-state index is 4.25. The number of rotatable bonds is 0. The second-order valence-corrected chi connectivity index (χ2v) is 9.86. The minimum atomic E-state index is -0.888. The Kier molecular flexibility index (Phi) is 1.73. The molecule has 0 radical (unpaired) electrons. The summed E-state index contributed by atoms with van der Waals surface area (Å²) in [5.41, 5.74) is 1.24. The predicted octanol–water partition coefficient (Wildman–Crippen LogP) is 2.57. The van der Waals surface area contributed by atoms with Gasteiger partial charge in [0, 0.05) is 0 Å². The molecule has 54 valence electrons. The number of fused-ring (bicyclic) bond motifs is 1. The molecule has 0 saturated heterocycles. The van der Waals surface area contributed by atoms with E-state index in [4.69, 9.17) is 0 Å². The van der Waals surface area contributed by atoms with E-state index in [9.17, 15) is 0 Å². The molecule has 0 unspecified atom stereocenters. The van der Waals surface area contributed by atoms with Gasteiger partial charge < -0.3 is 0 Å². The van der Waals surface area contributed by atoms with Gasteiger partial charge in [-0.1, -0.05) is 0 Å². The Labute approximate surface area is 70.0 Å². The molecule has 4 heteroatoms. The van der Waals surface area contributed by atoms with Gasteiger partial charge in [-0.05, 0) is 0 Å². The van der Waals surface area contributed by atoms with Crippen molar-refractivity contribution in [1.29, 1.82) is 0 Å². The third kappa shape index (κ3) is 1.10. The third-order valence-electron chi connectivity index (χ3n) is 1.19. The van der Waals surface area contributed by atoms with Crippen molar-refractivity contribution in [3.8, 4) is 0 Å². The number of aromatic nitrogens is 1. The second kappa shape index (κ2) is 2.58. The Bertz CT molecular complexity index is 228. The molecule has 1 aliphatic rings. The van der Waals surface area contributed by atoms with Crippen molar-refractivity contribution in [2.24, 2.45) is 0 Å². The van der Waals surface area contributed by atoms with Crippen LogP contribution in [0.15, 0.2) is 23.4 Å². The molecular formula is C6H7IN2S. The number of nitrogens with zero attached hydrogens (tertiary/aromatic N) is 1. The summed E-state index contributed by atoms with van der Waals surface area (Å²) in [6.45, 7) is 0. The van der Waals surface area contributed by atoms with Gasteiger partial charge in [-0.3, -0.25) is 0 Å². The van der Waals surface area contributed by atoms with E-state index >= 15 is 0 Å². The molecule has 1 aromatic rings. The Hall–Kier alpha value is 0.0300. The summed E-state index contributed by atoms with van der Waals surface area (Å²) in [4.78, 5) is 6.54. The number of alkyl halides is 1. The molecule has 0 bridgehead atoms. The topological polar surface area (TPSA) is 24.9 Å². The molecule has 1 N–H and O–H groups in total. The first kappa shape index (κ1) is 6.72. The molecular weight excluding hydrogens is 259 g/mol. The van der Waals surface area contributed by atoms with Crippen molar-refractivity contribution in [2.45, 2.75) is 5.03 Å². The van der Waals surface area contributed by atoms with Crippen molar-refractivity contribution in [3.63, 3.8) is 0 Å². The summed E-state index contributed by atoms with van der Waals surface area (Å²) in [5.74, 6) is 0. The summed E-state index contributed by atoms with van der Waals surface area (Å²) in [7, 11) is 1.93. The molecule has 0 saturated carbocycles. The molecule has 1 aliphatic heterocycles. The summed E-state index contributed by atoms with van der Waals surface area (Å²) in [6, 6.07) is 4.07. The Balaban J connectivity index is 2.42. The quantitative estimate of drug-likeness (QED) is 0.444. The van der Waals surface area contributed by atoms with Gasteiger partial charge in [0.05, 0.1) is 0 Å². The number of hydrogen-bond acceptors (Lipinski definition) is 3. The van der Waals surface area contributed by atoms with Gasteiger partial charge in [0.25, 0.3) is 0 Å². The maximum atomic E-state index is 4.25. The zero-order valence-corrected chi connectivity index (χ0v) is 8.44. The van der Waals surface area contributed by atoms with E-state index in [0.29, 0.717) is 0 Å². The molecule has 10 heavy (non-hydrogen) atoms. The fourth-order valence-corrected chi connectivity index (χ4v) is 6.61. The average molecular weight is 266 g/mol. The molecule has 0 aromatic carbocycles. The van der Waals surface area contributed by atoms with E-state index in [1.165, 1.54) is 10.7 Å². The zero-order chi connectivity index (χ0) is 6.97. The molecule has 0 spiro atoms. The number of hydrogen-bond donors (Lipinski definition) is 1. The van der Waals surface area contributed by atoms with Gasteiger partial charge in [-0.15, -0.1) is 0 Å². The van der Waals surface area contributed by atoms with Gasteiger partial charge >= 0.3 is 70.1 Å². The second-order valence-electron chi connectivity index (χ2n) is 1.95. The van der Waals surface area contributed by atoms with Crippen LogP contribution in [0.3, 0.4) is 0 Å². The molecule has 0 fully saturated rings. The van der Waals surface area contributed by atoms with Crippen LogP contribution in [0.2, 0.25) is 0 Å². The van der Waals surface area contributed by atoms with Gasteiger partial charge in [0.15, 0.2) is 0 Å². The van der Waals surface area contributed by atoms with E-state index in [1.54, 1.807) is 0 Å². The first-order chi connectivity index (χ1) is 4.86. The standard InChI is InChI=1S/C6H7IN2S/c1-7-9-5-3-2-4-8-6(5)10-7/h2-4,9H,1H3. The van der Waals surface area contributed by atoms with Gasteiger partial charge in [0.1, 0.15) is 0 Å². The molecule has 2 heterocycles. The van der Waals surface area contributed by atoms with E-state index in [-0.39, 0.29) is 0 Å². The van der Waals surface area contributed by atoms with Gasteiger partial charge in [-0.2, -0.15) is 0 Å². The fourth-order valence-electron chi connectivity index (χ4n) is 0.796. The van der Waals surface area contributed by atoms with Crippen LogP contribution in [0.4, 0.5) is 5.69 Å². The van der Waals surface area contributed by atoms with E-state index in [1.807, 2.05) is 21.2 Å². The summed E-state index contributed by atoms with van der Waals surface area (Å²) in [6.07, 6.45) is 1.85. The van der Waals surface area contributed by atoms with Crippen LogP contribution in [0, 0.1) is 0 Å². The van der Waals surface area contributed by atoms with Crippen molar-refractivity contribution >= 4 is 33.3 Å². The van der Waals surface area contributed by atoms with Crippen molar-refractivity contribution in [1.82, 2.24) is 4.98 Å². The van der Waals surface area contributed by atoms with E-state index in [0.717, 1.165) is 0 Å². The first-order valence-corrected chi connectivity index (χ1v) is 9.46. The number of anilines is 1. The summed E-state index contributed by atoms with van der Waals surface area (Å²) < 4.78 is 3.45. The monoisotopic (exact) mass is 266 g/mol. The fraction of sp³-hybridized carbons (Fsp3) is 0.167. The Morgan fingerprint density at radius 3 is 3.40 bits per heavy atom. The van der Waals surface area contributed by atoms with Crippen LogP contribution in [0.5, 0.6) is 0 Å². The number of nitrogens with one attached hydrogen (secondary N) is 1. The Morgan fingerprint density at radius 1 is 1.70 bits per heavy atom. The molecule has 2 nitrogen and oxygen atoms in total. The van der Waals surface area contributed by atoms with Crippen molar-refractivity contribution in [2.75, 3.05) is 8.46 Å². The molecule has 0 aliphatic carbocycles. The van der Waals surface area contributed by atoms with E-state index < -0.39 is 18.7 Å². The Morgan fingerprint density at radius 2 is 2.60 bits per heavy atom. The predicted molar refractivity (Wildman–Crippen MR) is 53.7 cm³/mol. The first-order valence-electron chi connectivity index (χ1n) is 2.86. The SMILES string of the molecule is CI1Nc2cccnc2S1. The average Bonchev–Trinajstić information content (AvgIpc) is 2.27. The third-order valence-corrected chi connectivity index (χ3v) is 6.99. The molecule has 1 aromatic heterocycles. The van der Waals surface area contributed by atoms with Gasteiger partial charge in [-0.25, -0.2) is 0 Å². The van der Waals surface area contributed by atoms with Crippen LogP contribution in [-0.4, -0.2) is 9.91 Å². The normalized spacial score (nSPS) is 18.3. The molecule has 0 atom stereocenters. The van der Waals surface area contributed by atoms with Crippen LogP contribution < -0.4 is 3.53 Å². The van der Waals surface area contributed by atoms with Crippen molar-refractivity contribution in [3.05, 3.63) is 18.3 Å². The number of halogens is 1. The van der Waals surface area contributed by atoms with Crippen molar-refractivity contribution < 1.29 is 0 Å². The van der Waals surface area contributed by atoms with E-state index in [2.05, 4.69) is 19.5 Å². The summed E-state index contributed by atoms with van der Waals surface area (Å²) >= 11 is -0.888. The van der Waals surface area contributed by atoms with Crippen LogP contribution in [0.25, 0.3) is 0 Å². The summed E-state index contributed by atoms with van der Waals surface area (Å²) in [5, 5.41) is 1.19. The molecule has 2 rings (SSSR count). The number of pyridine rings is 1. The van der Waals surface area contributed by atoms with Crippen LogP contribution >= 0.6 is 27.6 Å². The van der Waals surface area contributed by atoms with Crippen LogP contribution in [0.1, 0.15) is 0 Å².